The summed E-state index contributed by atoms with van der Waals surface area (Å²) in [6.45, 7) is 4.34. The van der Waals surface area contributed by atoms with Crippen molar-refractivity contribution in [1.82, 2.24) is 5.32 Å². The quantitative estimate of drug-likeness (QED) is 0.592. The van der Waals surface area contributed by atoms with Crippen molar-refractivity contribution in [2.75, 3.05) is 26.1 Å². The molecule has 136 valence electrons. The van der Waals surface area contributed by atoms with Gasteiger partial charge < -0.3 is 20.1 Å². The lowest BCUT2D eigenvalue weighted by Crippen LogP contribution is -2.36. The Balaban J connectivity index is 2.96. The maximum absolute atomic E-state index is 12.0. The Morgan fingerprint density at radius 1 is 1.00 bits per heavy atom. The molecule has 0 aromatic heterocycles. The minimum Gasteiger partial charge on any atom is -0.465 e. The van der Waals surface area contributed by atoms with Crippen LogP contribution in [-0.4, -0.2) is 44.5 Å². The van der Waals surface area contributed by atoms with E-state index in [9.17, 15) is 19.2 Å². The fourth-order valence-corrected chi connectivity index (χ4v) is 1.91. The molecule has 0 unspecified atom stereocenters. The van der Waals surface area contributed by atoms with Gasteiger partial charge in [0.2, 0.25) is 0 Å². The normalized spacial score (nSPS) is 10.1. The van der Waals surface area contributed by atoms with E-state index in [0.717, 1.165) is 6.42 Å². The molecule has 2 N–H and O–H groups in total. The Kier molecular flexibility index (Phi) is 7.58. The Hall–Kier alpha value is -2.90. The highest BCUT2D eigenvalue weighted by Gasteiger charge is 2.20. The fraction of sp³-hybridized carbons (Fsp3) is 0.412. The molecule has 0 saturated heterocycles. The number of methoxy groups -OCH3 is 2. The van der Waals surface area contributed by atoms with E-state index in [1.165, 1.54) is 32.4 Å². The van der Waals surface area contributed by atoms with E-state index in [1.807, 2.05) is 13.8 Å². The zero-order valence-electron chi connectivity index (χ0n) is 14.7. The number of carbonyl (C=O) groups is 4. The summed E-state index contributed by atoms with van der Waals surface area (Å²) in [5.74, 6) is -2.76. The lowest BCUT2D eigenvalue weighted by Gasteiger charge is -2.12. The summed E-state index contributed by atoms with van der Waals surface area (Å²) in [6.07, 6.45) is 0.726. The van der Waals surface area contributed by atoms with E-state index in [-0.39, 0.29) is 16.8 Å². The van der Waals surface area contributed by atoms with Gasteiger partial charge in [0.1, 0.15) is 0 Å². The second kappa shape index (κ2) is 9.41. The minimum absolute atomic E-state index is 0.0125. The summed E-state index contributed by atoms with van der Waals surface area (Å²) in [5.41, 5.74) is 0.114. The molecule has 0 radical (unpaired) electrons. The monoisotopic (exact) mass is 350 g/mol. The average molecular weight is 350 g/mol. The Morgan fingerprint density at radius 3 is 2.20 bits per heavy atom. The van der Waals surface area contributed by atoms with E-state index in [1.54, 1.807) is 0 Å². The second-order valence-electron chi connectivity index (χ2n) is 5.64. The zero-order chi connectivity index (χ0) is 19.0. The molecule has 0 bridgehead atoms. The number of hydrogen-bond donors (Lipinski definition) is 2. The SMILES string of the molecule is COC(=O)c1ccc(C(=O)OC)c(NC(=O)C(=O)NCCC(C)C)c1. The molecule has 0 aliphatic heterocycles. The molecule has 0 atom stereocenters. The number of amides is 2. The van der Waals surface area contributed by atoms with Gasteiger partial charge in [-0.1, -0.05) is 13.8 Å². The molecule has 8 nitrogen and oxygen atoms in total. The lowest BCUT2D eigenvalue weighted by molar-refractivity contribution is -0.136. The maximum atomic E-state index is 12.0. The average Bonchev–Trinajstić information content (AvgIpc) is 2.59. The second-order valence-corrected chi connectivity index (χ2v) is 5.64. The van der Waals surface area contributed by atoms with Gasteiger partial charge in [0.15, 0.2) is 0 Å². The number of esters is 2. The smallest absolute Gasteiger partial charge is 0.339 e. The first-order chi connectivity index (χ1) is 11.8. The minimum atomic E-state index is -0.948. The summed E-state index contributed by atoms with van der Waals surface area (Å²) >= 11 is 0. The Labute approximate surface area is 145 Å². The van der Waals surface area contributed by atoms with Crippen LogP contribution in [0.2, 0.25) is 0 Å². The van der Waals surface area contributed by atoms with Crippen LogP contribution in [0.15, 0.2) is 18.2 Å². The predicted molar refractivity (Wildman–Crippen MR) is 90.2 cm³/mol. The van der Waals surface area contributed by atoms with Crippen LogP contribution >= 0.6 is 0 Å². The van der Waals surface area contributed by atoms with Crippen molar-refractivity contribution in [3.05, 3.63) is 29.3 Å². The van der Waals surface area contributed by atoms with Gasteiger partial charge in [-0.05, 0) is 30.5 Å². The standard InChI is InChI=1S/C17H22N2O6/c1-10(2)7-8-18-14(20)15(21)19-13-9-11(16(22)24-3)5-6-12(13)17(23)25-4/h5-6,9-10H,7-8H2,1-4H3,(H,18,20)(H,19,21). The number of carbonyl (C=O) groups excluding carboxylic acids is 4. The van der Waals surface area contributed by atoms with Crippen LogP contribution in [0.1, 0.15) is 41.0 Å². The molecule has 8 heteroatoms. The summed E-state index contributed by atoms with van der Waals surface area (Å²) < 4.78 is 9.23. The van der Waals surface area contributed by atoms with Crippen molar-refractivity contribution in [3.8, 4) is 0 Å². The van der Waals surface area contributed by atoms with Gasteiger partial charge in [0, 0.05) is 6.54 Å². The third-order valence-electron chi connectivity index (χ3n) is 3.31. The molecular weight excluding hydrogens is 328 g/mol. The number of anilines is 1. The topological polar surface area (TPSA) is 111 Å². The van der Waals surface area contributed by atoms with Gasteiger partial charge in [-0.25, -0.2) is 9.59 Å². The van der Waals surface area contributed by atoms with E-state index >= 15 is 0 Å². The van der Waals surface area contributed by atoms with E-state index < -0.39 is 23.8 Å². The van der Waals surface area contributed by atoms with Crippen molar-refractivity contribution < 1.29 is 28.7 Å². The highest BCUT2D eigenvalue weighted by molar-refractivity contribution is 6.40. The van der Waals surface area contributed by atoms with E-state index in [4.69, 9.17) is 0 Å². The molecule has 0 heterocycles. The Bertz CT molecular complexity index is 669. The molecule has 2 amide bonds. The zero-order valence-corrected chi connectivity index (χ0v) is 14.7. The first-order valence-corrected chi connectivity index (χ1v) is 7.70. The lowest BCUT2D eigenvalue weighted by atomic mass is 10.1. The van der Waals surface area contributed by atoms with E-state index in [2.05, 4.69) is 20.1 Å². The third kappa shape index (κ3) is 5.91. The number of rotatable bonds is 6. The molecule has 25 heavy (non-hydrogen) atoms. The molecule has 0 spiro atoms. The van der Waals surface area contributed by atoms with Crippen LogP contribution in [0.5, 0.6) is 0 Å². The maximum Gasteiger partial charge on any atom is 0.339 e. The highest BCUT2D eigenvalue weighted by Crippen LogP contribution is 2.19. The van der Waals surface area contributed by atoms with Crippen LogP contribution in [0.25, 0.3) is 0 Å². The summed E-state index contributed by atoms with van der Waals surface area (Å²) in [5, 5.41) is 4.81. The van der Waals surface area contributed by atoms with Gasteiger partial charge in [0.05, 0.1) is 31.0 Å². The van der Waals surface area contributed by atoms with Crippen LogP contribution in [0.4, 0.5) is 5.69 Å². The Morgan fingerprint density at radius 2 is 1.64 bits per heavy atom. The number of benzene rings is 1. The molecule has 0 fully saturated rings. The summed E-state index contributed by atoms with van der Waals surface area (Å²) in [7, 11) is 2.39. The van der Waals surface area contributed by atoms with Crippen molar-refractivity contribution >= 4 is 29.4 Å². The molecule has 1 aromatic carbocycles. The van der Waals surface area contributed by atoms with Crippen LogP contribution < -0.4 is 10.6 Å². The van der Waals surface area contributed by atoms with Gasteiger partial charge in [-0.15, -0.1) is 0 Å². The van der Waals surface area contributed by atoms with Crippen molar-refractivity contribution in [3.63, 3.8) is 0 Å². The van der Waals surface area contributed by atoms with E-state index in [0.29, 0.717) is 12.5 Å². The van der Waals surface area contributed by atoms with Crippen LogP contribution in [0.3, 0.4) is 0 Å². The fourth-order valence-electron chi connectivity index (χ4n) is 1.91. The van der Waals surface area contributed by atoms with Crippen molar-refractivity contribution in [2.24, 2.45) is 5.92 Å². The molecule has 1 aromatic rings. The first-order valence-electron chi connectivity index (χ1n) is 7.70. The van der Waals surface area contributed by atoms with Gasteiger partial charge in [-0.2, -0.15) is 0 Å². The molecule has 0 aliphatic rings. The first kappa shape index (κ1) is 20.1. The highest BCUT2D eigenvalue weighted by atomic mass is 16.5. The number of nitrogens with one attached hydrogen (secondary N) is 2. The molecule has 0 aliphatic carbocycles. The van der Waals surface area contributed by atoms with Crippen molar-refractivity contribution in [1.29, 1.82) is 0 Å². The number of hydrogen-bond acceptors (Lipinski definition) is 6. The molecular formula is C17H22N2O6. The van der Waals surface area contributed by atoms with Gasteiger partial charge >= 0.3 is 23.8 Å². The molecule has 0 saturated carbocycles. The van der Waals surface area contributed by atoms with Crippen LogP contribution in [-0.2, 0) is 19.1 Å². The largest absolute Gasteiger partial charge is 0.465 e. The molecule has 1 rings (SSSR count). The van der Waals surface area contributed by atoms with Crippen molar-refractivity contribution in [2.45, 2.75) is 20.3 Å². The number of ether oxygens (including phenoxy) is 2. The summed E-state index contributed by atoms with van der Waals surface area (Å²) in [6, 6.07) is 3.91. The predicted octanol–water partition coefficient (Wildman–Crippen LogP) is 1.36. The van der Waals surface area contributed by atoms with Gasteiger partial charge in [-0.3, -0.25) is 9.59 Å². The van der Waals surface area contributed by atoms with Gasteiger partial charge in [0.25, 0.3) is 0 Å². The van der Waals surface area contributed by atoms with Crippen LogP contribution in [0, 0.1) is 5.92 Å². The third-order valence-corrected chi connectivity index (χ3v) is 3.31. The summed E-state index contributed by atoms with van der Waals surface area (Å²) in [4.78, 5) is 47.2.